The zero-order valence-electron chi connectivity index (χ0n) is 13.6. The first-order chi connectivity index (χ1) is 10.9. The van der Waals surface area contributed by atoms with E-state index in [4.69, 9.17) is 15.7 Å². The lowest BCUT2D eigenvalue weighted by Crippen LogP contribution is -2.45. The molecule has 0 aromatic rings. The highest BCUT2D eigenvalue weighted by atomic mass is 16.2. The predicted octanol–water partition coefficient (Wildman–Crippen LogP) is -2.30. The summed E-state index contributed by atoms with van der Waals surface area (Å²) in [4.78, 5) is 48.8. The van der Waals surface area contributed by atoms with Gasteiger partial charge in [-0.3, -0.25) is 19.2 Å². The Kier molecular flexibility index (Phi) is 10.6. The molecule has 0 rings (SSSR count). The monoisotopic (exact) mass is 320 g/mol. The van der Waals surface area contributed by atoms with Crippen LogP contribution in [-0.2, 0) is 19.2 Å². The van der Waals surface area contributed by atoms with E-state index in [-0.39, 0.29) is 56.5 Å². The molecule has 10 heteroatoms. The zero-order chi connectivity index (χ0) is 17.8. The molecule has 0 aliphatic carbocycles. The fourth-order valence-corrected chi connectivity index (χ4v) is 1.74. The number of carbonyl (C=O) groups excluding carboxylic acids is 4. The molecular weight excluding hydrogens is 298 g/mol. The molecule has 0 heterocycles. The van der Waals surface area contributed by atoms with Crippen molar-refractivity contribution in [2.45, 2.75) is 19.6 Å². The van der Waals surface area contributed by atoms with E-state index >= 15 is 0 Å². The number of hydrogen-bond donors (Lipinski definition) is 2. The van der Waals surface area contributed by atoms with E-state index < -0.39 is 5.91 Å². The molecule has 4 amide bonds. The molecule has 0 bridgehead atoms. The quantitative estimate of drug-likeness (QED) is 0.442. The van der Waals surface area contributed by atoms with Gasteiger partial charge in [-0.2, -0.15) is 0 Å². The third-order valence-corrected chi connectivity index (χ3v) is 3.09. The highest BCUT2D eigenvalue weighted by molar-refractivity contribution is 6.20. The van der Waals surface area contributed by atoms with E-state index in [9.17, 15) is 19.2 Å². The molecule has 23 heavy (non-hydrogen) atoms. The van der Waals surface area contributed by atoms with Crippen molar-refractivity contribution in [2.75, 3.05) is 39.8 Å². The molecule has 0 saturated carbocycles. The second kappa shape index (κ2) is 11.6. The lowest BCUT2D eigenvalue weighted by Gasteiger charge is -2.23. The van der Waals surface area contributed by atoms with E-state index in [0.29, 0.717) is 6.54 Å². The summed E-state index contributed by atoms with van der Waals surface area (Å²) in [6.45, 7) is 2.17. The number of nitrogens with one attached hydrogen (secondary N) is 2. The fourth-order valence-electron chi connectivity index (χ4n) is 1.74. The van der Waals surface area contributed by atoms with Crippen LogP contribution >= 0.6 is 0 Å². The van der Waals surface area contributed by atoms with E-state index in [1.165, 1.54) is 16.8 Å². The van der Waals surface area contributed by atoms with Gasteiger partial charge in [0.1, 0.15) is 0 Å². The summed E-state index contributed by atoms with van der Waals surface area (Å²) < 4.78 is 0. The van der Waals surface area contributed by atoms with Gasteiger partial charge < -0.3 is 20.4 Å². The van der Waals surface area contributed by atoms with Crippen LogP contribution in [0.5, 0.6) is 0 Å². The Morgan fingerprint density at radius 3 is 1.91 bits per heavy atom. The van der Waals surface area contributed by atoms with Crippen LogP contribution in [0.1, 0.15) is 6.92 Å². The first kappa shape index (κ1) is 21.0. The van der Waals surface area contributed by atoms with Crippen LogP contribution in [0.4, 0.5) is 0 Å². The van der Waals surface area contributed by atoms with Crippen molar-refractivity contribution >= 4 is 39.3 Å². The number of nitrogens with zero attached hydrogens (tertiary/aromatic N) is 2. The Balaban J connectivity index is 4.36. The Morgan fingerprint density at radius 1 is 0.913 bits per heavy atom. The number of likely N-dealkylation sites (N-methyl/N-ethyl adjacent to an activating group) is 2. The largest absolute Gasteiger partial charge is 0.358 e. The molecule has 0 aliphatic heterocycles. The van der Waals surface area contributed by atoms with Crippen molar-refractivity contribution in [3.63, 3.8) is 0 Å². The first-order valence-corrected chi connectivity index (χ1v) is 7.32. The van der Waals surface area contributed by atoms with Crippen LogP contribution in [-0.4, -0.2) is 88.9 Å². The number of carbonyl (C=O) groups is 4. The summed E-state index contributed by atoms with van der Waals surface area (Å²) >= 11 is 0. The summed E-state index contributed by atoms with van der Waals surface area (Å²) in [5.74, 6) is -1.41. The molecule has 124 valence electrons. The predicted molar refractivity (Wildman–Crippen MR) is 87.0 cm³/mol. The van der Waals surface area contributed by atoms with Gasteiger partial charge in [0.25, 0.3) is 0 Å². The van der Waals surface area contributed by atoms with Gasteiger partial charge in [0.2, 0.25) is 23.6 Å². The maximum atomic E-state index is 11.8. The van der Waals surface area contributed by atoms with Crippen LogP contribution in [0.15, 0.2) is 0 Å². The van der Waals surface area contributed by atoms with E-state index in [0.717, 1.165) is 0 Å². The molecule has 2 N–H and O–H groups in total. The number of rotatable bonds is 10. The van der Waals surface area contributed by atoms with E-state index in [1.807, 2.05) is 0 Å². The molecule has 0 aliphatic rings. The number of hydrogen-bond acceptors (Lipinski definition) is 4. The molecule has 0 aromatic carbocycles. The second-order valence-electron chi connectivity index (χ2n) is 4.65. The van der Waals surface area contributed by atoms with Crippen LogP contribution in [0.2, 0.25) is 12.6 Å². The van der Waals surface area contributed by atoms with Gasteiger partial charge in [-0.25, -0.2) is 0 Å². The van der Waals surface area contributed by atoms with E-state index in [1.54, 1.807) is 6.92 Å². The minimum absolute atomic E-state index is 0.104. The fraction of sp³-hybridized carbons (Fsp3) is 0.692. The van der Waals surface area contributed by atoms with Gasteiger partial charge >= 0.3 is 0 Å². The molecular formula is C13H22B2N4O4. The summed E-state index contributed by atoms with van der Waals surface area (Å²) in [6.07, 6.45) is -0.383. The Bertz CT molecular complexity index is 434. The first-order valence-electron chi connectivity index (χ1n) is 7.32. The SMILES string of the molecule is [B]CC(=O)N(CCNC(=O)CN(CC)C(=O)C[B])CC(=O)NC. The van der Waals surface area contributed by atoms with Gasteiger partial charge in [0.15, 0.2) is 0 Å². The standard InChI is InChI=1S/C13H22B2N4O4/c1-3-18(12(22)6-14)9-11(21)17-4-5-19(13(23)7-15)8-10(20)16-2/h3-9H2,1-2H3,(H,16,20)(H,17,21). The van der Waals surface area contributed by atoms with Crippen molar-refractivity contribution in [1.29, 1.82) is 0 Å². The molecule has 0 saturated heterocycles. The van der Waals surface area contributed by atoms with Gasteiger partial charge in [-0.15, -0.1) is 0 Å². The van der Waals surface area contributed by atoms with Crippen LogP contribution in [0.25, 0.3) is 0 Å². The minimum Gasteiger partial charge on any atom is -0.358 e. The Hall–Kier alpha value is -1.99. The molecule has 0 spiro atoms. The van der Waals surface area contributed by atoms with Crippen molar-refractivity contribution in [2.24, 2.45) is 0 Å². The topological polar surface area (TPSA) is 98.8 Å². The minimum atomic E-state index is -0.392. The highest BCUT2D eigenvalue weighted by Crippen LogP contribution is 1.94. The lowest BCUT2D eigenvalue weighted by molar-refractivity contribution is -0.135. The number of amides is 4. The van der Waals surface area contributed by atoms with E-state index in [2.05, 4.69) is 10.6 Å². The summed E-state index contributed by atoms with van der Waals surface area (Å²) in [7, 11) is 12.0. The molecule has 0 unspecified atom stereocenters. The third kappa shape index (κ3) is 8.27. The molecule has 8 nitrogen and oxygen atoms in total. The van der Waals surface area contributed by atoms with Crippen LogP contribution in [0, 0.1) is 0 Å². The average Bonchev–Trinajstić information content (AvgIpc) is 2.56. The van der Waals surface area contributed by atoms with Gasteiger partial charge in [0, 0.05) is 26.7 Å². The molecule has 0 aromatic heterocycles. The van der Waals surface area contributed by atoms with Crippen LogP contribution < -0.4 is 10.6 Å². The molecule has 0 atom stereocenters. The third-order valence-electron chi connectivity index (χ3n) is 3.09. The van der Waals surface area contributed by atoms with Crippen molar-refractivity contribution in [1.82, 2.24) is 20.4 Å². The average molecular weight is 320 g/mol. The van der Waals surface area contributed by atoms with Gasteiger partial charge in [-0.05, 0) is 19.6 Å². The summed E-state index contributed by atoms with van der Waals surface area (Å²) in [5.41, 5.74) is 0. The zero-order valence-corrected chi connectivity index (χ0v) is 13.6. The Labute approximate surface area is 139 Å². The maximum Gasteiger partial charge on any atom is 0.239 e. The second-order valence-corrected chi connectivity index (χ2v) is 4.65. The molecule has 0 fully saturated rings. The van der Waals surface area contributed by atoms with Gasteiger partial charge in [0.05, 0.1) is 28.8 Å². The van der Waals surface area contributed by atoms with Crippen LogP contribution in [0.3, 0.4) is 0 Å². The lowest BCUT2D eigenvalue weighted by atomic mass is 10.0. The summed E-state index contributed by atoms with van der Waals surface area (Å²) in [5, 5.41) is 5.00. The van der Waals surface area contributed by atoms with Crippen molar-refractivity contribution in [3.8, 4) is 0 Å². The van der Waals surface area contributed by atoms with Gasteiger partial charge in [-0.1, -0.05) is 0 Å². The Morgan fingerprint density at radius 2 is 1.43 bits per heavy atom. The molecule has 4 radical (unpaired) electrons. The smallest absolute Gasteiger partial charge is 0.239 e. The summed E-state index contributed by atoms with van der Waals surface area (Å²) in [6, 6.07) is 0. The maximum absolute atomic E-state index is 11.8. The normalized spacial score (nSPS) is 9.83. The van der Waals surface area contributed by atoms with Crippen molar-refractivity contribution in [3.05, 3.63) is 0 Å². The highest BCUT2D eigenvalue weighted by Gasteiger charge is 2.16. The van der Waals surface area contributed by atoms with Crippen molar-refractivity contribution < 1.29 is 19.2 Å².